The van der Waals surface area contributed by atoms with Crippen molar-refractivity contribution in [3.63, 3.8) is 0 Å². The van der Waals surface area contributed by atoms with Crippen molar-refractivity contribution in [2.45, 2.75) is 38.0 Å². The molecule has 1 fully saturated rings. The molecule has 1 amide bonds. The average molecular weight is 232 g/mol. The first-order chi connectivity index (χ1) is 7.13. The molecule has 1 aliphatic rings. The van der Waals surface area contributed by atoms with Crippen LogP contribution in [0.15, 0.2) is 0 Å². The minimum absolute atomic E-state index is 0.0140. The molecule has 1 rings (SSSR count). The fourth-order valence-electron chi connectivity index (χ4n) is 1.63. The van der Waals surface area contributed by atoms with Gasteiger partial charge in [-0.05, 0) is 31.8 Å². The molecule has 0 radical (unpaired) electrons. The van der Waals surface area contributed by atoms with Crippen molar-refractivity contribution in [2.75, 3.05) is 18.6 Å². The monoisotopic (exact) mass is 232 g/mol. The summed E-state index contributed by atoms with van der Waals surface area (Å²) in [6, 6.07) is 0.00113. The number of hydrogen-bond donors (Lipinski definition) is 3. The summed E-state index contributed by atoms with van der Waals surface area (Å²) in [4.78, 5) is 11.7. The molecule has 3 N–H and O–H groups in total. The van der Waals surface area contributed by atoms with Crippen LogP contribution in [0.2, 0.25) is 0 Å². The SMILES string of the molecule is CSCCC(C)NC(=O)C1CC(O)CN1. The lowest BCUT2D eigenvalue weighted by molar-refractivity contribution is -0.123. The van der Waals surface area contributed by atoms with Gasteiger partial charge in [0.15, 0.2) is 0 Å². The van der Waals surface area contributed by atoms with Gasteiger partial charge in [0.1, 0.15) is 0 Å². The zero-order valence-electron chi connectivity index (χ0n) is 9.32. The zero-order chi connectivity index (χ0) is 11.3. The first kappa shape index (κ1) is 12.8. The largest absolute Gasteiger partial charge is 0.392 e. The predicted molar refractivity (Wildman–Crippen MR) is 63.0 cm³/mol. The molecule has 1 aliphatic heterocycles. The van der Waals surface area contributed by atoms with E-state index in [1.807, 2.05) is 6.92 Å². The number of nitrogens with one attached hydrogen (secondary N) is 2. The van der Waals surface area contributed by atoms with Crippen molar-refractivity contribution in [1.82, 2.24) is 10.6 Å². The standard InChI is InChI=1S/C10H20N2O2S/c1-7(3-4-15-2)12-10(14)9-5-8(13)6-11-9/h7-9,11,13H,3-6H2,1-2H3,(H,12,14). The Kier molecular flexibility index (Phi) is 5.42. The van der Waals surface area contributed by atoms with Crippen LogP contribution in [0.25, 0.3) is 0 Å². The summed E-state index contributed by atoms with van der Waals surface area (Å²) in [6.45, 7) is 2.54. The van der Waals surface area contributed by atoms with Crippen LogP contribution in [0, 0.1) is 0 Å². The van der Waals surface area contributed by atoms with E-state index >= 15 is 0 Å². The Morgan fingerprint density at radius 3 is 3.00 bits per heavy atom. The maximum Gasteiger partial charge on any atom is 0.237 e. The third-order valence-electron chi connectivity index (χ3n) is 2.57. The molecule has 0 aliphatic carbocycles. The van der Waals surface area contributed by atoms with Gasteiger partial charge in [-0.2, -0.15) is 11.8 Å². The fourth-order valence-corrected chi connectivity index (χ4v) is 2.22. The van der Waals surface area contributed by atoms with Crippen LogP contribution in [0.4, 0.5) is 0 Å². The van der Waals surface area contributed by atoms with Crippen molar-refractivity contribution in [2.24, 2.45) is 0 Å². The summed E-state index contributed by atoms with van der Waals surface area (Å²) in [5.41, 5.74) is 0. The first-order valence-corrected chi connectivity index (χ1v) is 6.73. The quantitative estimate of drug-likeness (QED) is 0.623. The van der Waals surface area contributed by atoms with Crippen LogP contribution in [0.5, 0.6) is 0 Å². The van der Waals surface area contributed by atoms with E-state index in [4.69, 9.17) is 0 Å². The number of amides is 1. The van der Waals surface area contributed by atoms with Gasteiger partial charge in [-0.15, -0.1) is 0 Å². The molecule has 1 heterocycles. The molecular weight excluding hydrogens is 212 g/mol. The molecule has 3 unspecified atom stereocenters. The second-order valence-electron chi connectivity index (χ2n) is 4.04. The van der Waals surface area contributed by atoms with Crippen molar-refractivity contribution < 1.29 is 9.90 Å². The first-order valence-electron chi connectivity index (χ1n) is 5.34. The lowest BCUT2D eigenvalue weighted by Gasteiger charge is -2.16. The van der Waals surface area contributed by atoms with Gasteiger partial charge in [0, 0.05) is 12.6 Å². The zero-order valence-corrected chi connectivity index (χ0v) is 10.1. The predicted octanol–water partition coefficient (Wildman–Crippen LogP) is -0.0330. The Hall–Kier alpha value is -0.260. The summed E-state index contributed by atoms with van der Waals surface area (Å²) in [5, 5.41) is 15.2. The van der Waals surface area contributed by atoms with E-state index < -0.39 is 0 Å². The molecule has 4 nitrogen and oxygen atoms in total. The van der Waals surface area contributed by atoms with Gasteiger partial charge in [-0.1, -0.05) is 0 Å². The highest BCUT2D eigenvalue weighted by atomic mass is 32.2. The van der Waals surface area contributed by atoms with Crippen LogP contribution >= 0.6 is 11.8 Å². The number of carbonyl (C=O) groups is 1. The number of rotatable bonds is 5. The smallest absolute Gasteiger partial charge is 0.237 e. The Bertz CT molecular complexity index is 214. The second-order valence-corrected chi connectivity index (χ2v) is 5.03. The highest BCUT2D eigenvalue weighted by Crippen LogP contribution is 2.07. The van der Waals surface area contributed by atoms with Crippen LogP contribution in [0.1, 0.15) is 19.8 Å². The molecular formula is C10H20N2O2S. The molecule has 0 spiro atoms. The molecule has 0 saturated carbocycles. The van der Waals surface area contributed by atoms with E-state index in [9.17, 15) is 9.90 Å². The molecule has 0 aromatic heterocycles. The van der Waals surface area contributed by atoms with Crippen molar-refractivity contribution >= 4 is 17.7 Å². The van der Waals surface area contributed by atoms with Crippen LogP contribution in [-0.2, 0) is 4.79 Å². The topological polar surface area (TPSA) is 61.4 Å². The van der Waals surface area contributed by atoms with Gasteiger partial charge in [-0.3, -0.25) is 4.79 Å². The van der Waals surface area contributed by atoms with Gasteiger partial charge >= 0.3 is 0 Å². The van der Waals surface area contributed by atoms with Gasteiger partial charge < -0.3 is 15.7 Å². The van der Waals surface area contributed by atoms with E-state index in [1.165, 1.54) is 0 Å². The van der Waals surface area contributed by atoms with Gasteiger partial charge in [0.25, 0.3) is 0 Å². The van der Waals surface area contributed by atoms with Gasteiger partial charge in [0.2, 0.25) is 5.91 Å². The average Bonchev–Trinajstić information content (AvgIpc) is 2.61. The number of hydrogen-bond acceptors (Lipinski definition) is 4. The summed E-state index contributed by atoms with van der Waals surface area (Å²) in [5.74, 6) is 1.07. The van der Waals surface area contributed by atoms with Crippen LogP contribution < -0.4 is 10.6 Å². The minimum Gasteiger partial charge on any atom is -0.392 e. The third-order valence-corrected chi connectivity index (χ3v) is 3.21. The third kappa shape index (κ3) is 4.40. The lowest BCUT2D eigenvalue weighted by Crippen LogP contribution is -2.44. The number of aliphatic hydroxyl groups excluding tert-OH is 1. The molecule has 0 bridgehead atoms. The van der Waals surface area contributed by atoms with Crippen LogP contribution in [-0.4, -0.2) is 47.8 Å². The lowest BCUT2D eigenvalue weighted by atomic mass is 10.1. The number of carbonyl (C=O) groups excluding carboxylic acids is 1. The Balaban J connectivity index is 2.23. The van der Waals surface area contributed by atoms with E-state index in [0.29, 0.717) is 13.0 Å². The highest BCUT2D eigenvalue weighted by Gasteiger charge is 2.28. The maximum atomic E-state index is 11.7. The molecule has 1 saturated heterocycles. The summed E-state index contributed by atoms with van der Waals surface area (Å²) < 4.78 is 0. The van der Waals surface area contributed by atoms with Crippen molar-refractivity contribution in [1.29, 1.82) is 0 Å². The van der Waals surface area contributed by atoms with E-state index in [2.05, 4.69) is 16.9 Å². The van der Waals surface area contributed by atoms with Crippen LogP contribution in [0.3, 0.4) is 0 Å². The molecule has 0 aromatic rings. The Morgan fingerprint density at radius 2 is 2.47 bits per heavy atom. The van der Waals surface area contributed by atoms with E-state index in [0.717, 1.165) is 12.2 Å². The fraction of sp³-hybridized carbons (Fsp3) is 0.900. The number of thioether (sulfide) groups is 1. The normalized spacial score (nSPS) is 27.7. The van der Waals surface area contributed by atoms with Gasteiger partial charge in [-0.25, -0.2) is 0 Å². The minimum atomic E-state index is -0.373. The molecule has 15 heavy (non-hydrogen) atoms. The van der Waals surface area contributed by atoms with E-state index in [-0.39, 0.29) is 24.1 Å². The van der Waals surface area contributed by atoms with E-state index in [1.54, 1.807) is 11.8 Å². The van der Waals surface area contributed by atoms with Gasteiger partial charge in [0.05, 0.1) is 12.1 Å². The Labute approximate surface area is 95.2 Å². The summed E-state index contributed by atoms with van der Waals surface area (Å²) >= 11 is 1.78. The molecule has 0 aromatic carbocycles. The second kappa shape index (κ2) is 6.35. The Morgan fingerprint density at radius 1 is 1.73 bits per heavy atom. The maximum absolute atomic E-state index is 11.7. The summed E-state index contributed by atoms with van der Waals surface area (Å²) in [6.07, 6.45) is 3.20. The van der Waals surface area contributed by atoms with Crippen molar-refractivity contribution in [3.05, 3.63) is 0 Å². The van der Waals surface area contributed by atoms with Crippen molar-refractivity contribution in [3.8, 4) is 0 Å². The molecule has 3 atom stereocenters. The molecule has 88 valence electrons. The highest BCUT2D eigenvalue weighted by molar-refractivity contribution is 7.98. The number of aliphatic hydroxyl groups is 1. The summed E-state index contributed by atoms with van der Waals surface area (Å²) in [7, 11) is 0. The molecule has 5 heteroatoms. The number of β-amino-alcohol motifs (C(OH)–C–C–N with tert-alkyl or cyclic N) is 1.